The fourth-order valence-electron chi connectivity index (χ4n) is 5.73. The van der Waals surface area contributed by atoms with Gasteiger partial charge < -0.3 is 0 Å². The fourth-order valence-corrected chi connectivity index (χ4v) is 5.73. The molecule has 0 bridgehead atoms. The summed E-state index contributed by atoms with van der Waals surface area (Å²) in [7, 11) is 0. The first-order valence-electron chi connectivity index (χ1n) is 13.8. The summed E-state index contributed by atoms with van der Waals surface area (Å²) in [5.41, 5.74) is 12.9. The van der Waals surface area contributed by atoms with Gasteiger partial charge in [-0.25, -0.2) is 0 Å². The minimum atomic E-state index is 0.479. The zero-order valence-electron chi connectivity index (χ0n) is 22.4. The van der Waals surface area contributed by atoms with Crippen LogP contribution in [0.3, 0.4) is 0 Å². The van der Waals surface area contributed by atoms with Crippen LogP contribution in [-0.4, -0.2) is 0 Å². The van der Waals surface area contributed by atoms with Gasteiger partial charge >= 0.3 is 0 Å². The molecular formula is C32H50. The number of hydrogen-bond acceptors (Lipinski definition) is 0. The molecule has 0 saturated heterocycles. The summed E-state index contributed by atoms with van der Waals surface area (Å²) in [5, 5.41) is 0. The first kappa shape index (κ1) is 26.7. The Morgan fingerprint density at radius 1 is 0.438 bits per heavy atom. The van der Waals surface area contributed by atoms with Crippen molar-refractivity contribution < 1.29 is 0 Å². The highest BCUT2D eigenvalue weighted by molar-refractivity contribution is 5.51. The molecular weight excluding hydrogens is 384 g/mol. The maximum Gasteiger partial charge on any atom is 0.00719 e. The van der Waals surface area contributed by atoms with E-state index in [-0.39, 0.29) is 0 Å². The Kier molecular flexibility index (Phi) is 11.6. The maximum absolute atomic E-state index is 2.56. The molecule has 0 aliphatic carbocycles. The standard InChI is InChI=1S/C32H50/c1-8-14-25-20-27(16-10-3)31(28(21-25)17-11-4)24(7)32-29(18-12-5)22-26(15-9-2)23-30(32)19-13-6/h20-24H,8-19H2,1-7H3. The van der Waals surface area contributed by atoms with Crippen LogP contribution in [0, 0.1) is 0 Å². The van der Waals surface area contributed by atoms with Crippen LogP contribution in [0.15, 0.2) is 24.3 Å². The molecule has 0 fully saturated rings. The molecule has 0 nitrogen and oxygen atoms in total. The van der Waals surface area contributed by atoms with Gasteiger partial charge in [-0.3, -0.25) is 0 Å². The van der Waals surface area contributed by atoms with Crippen LogP contribution in [0.1, 0.15) is 137 Å². The van der Waals surface area contributed by atoms with Gasteiger partial charge in [-0.05, 0) is 83.0 Å². The van der Waals surface area contributed by atoms with Crippen LogP contribution < -0.4 is 0 Å². The van der Waals surface area contributed by atoms with Crippen molar-refractivity contribution in [3.63, 3.8) is 0 Å². The summed E-state index contributed by atoms with van der Waals surface area (Å²) < 4.78 is 0. The Morgan fingerprint density at radius 2 is 0.688 bits per heavy atom. The van der Waals surface area contributed by atoms with E-state index < -0.39 is 0 Å². The molecule has 0 heterocycles. The molecule has 0 saturated carbocycles. The lowest BCUT2D eigenvalue weighted by atomic mass is 9.77. The van der Waals surface area contributed by atoms with E-state index in [1.54, 1.807) is 44.5 Å². The van der Waals surface area contributed by atoms with E-state index in [2.05, 4.69) is 72.7 Å². The number of hydrogen-bond donors (Lipinski definition) is 0. The number of benzene rings is 2. The SMILES string of the molecule is CCCc1cc(CCC)c(C(C)c2c(CCC)cc(CCC)cc2CCC)c(CCC)c1. The van der Waals surface area contributed by atoms with Crippen molar-refractivity contribution in [1.82, 2.24) is 0 Å². The molecule has 2 aromatic rings. The van der Waals surface area contributed by atoms with E-state index in [0.717, 1.165) is 0 Å². The molecule has 2 aromatic carbocycles. The van der Waals surface area contributed by atoms with Gasteiger partial charge in [-0.2, -0.15) is 0 Å². The lowest BCUT2D eigenvalue weighted by Crippen LogP contribution is -2.13. The van der Waals surface area contributed by atoms with Crippen molar-refractivity contribution >= 4 is 0 Å². The highest BCUT2D eigenvalue weighted by Gasteiger charge is 2.23. The lowest BCUT2D eigenvalue weighted by Gasteiger charge is -2.27. The van der Waals surface area contributed by atoms with Crippen molar-refractivity contribution in [2.75, 3.05) is 0 Å². The first-order chi connectivity index (χ1) is 15.5. The van der Waals surface area contributed by atoms with Crippen molar-refractivity contribution in [3.05, 3.63) is 68.8 Å². The molecule has 0 N–H and O–H groups in total. The Labute approximate surface area is 200 Å². The summed E-state index contributed by atoms with van der Waals surface area (Å²) in [5.74, 6) is 0.479. The van der Waals surface area contributed by atoms with Crippen molar-refractivity contribution in [2.45, 2.75) is 131 Å². The topological polar surface area (TPSA) is 0 Å². The van der Waals surface area contributed by atoms with E-state index in [9.17, 15) is 0 Å². The van der Waals surface area contributed by atoms with Crippen LogP contribution >= 0.6 is 0 Å². The summed E-state index contributed by atoms with van der Waals surface area (Å²) in [6.45, 7) is 16.5. The summed E-state index contributed by atoms with van der Waals surface area (Å²) >= 11 is 0. The third-order valence-corrected chi connectivity index (χ3v) is 6.84. The molecule has 0 radical (unpaired) electrons. The molecule has 0 amide bonds. The molecule has 0 unspecified atom stereocenters. The van der Waals surface area contributed by atoms with Gasteiger partial charge in [-0.15, -0.1) is 0 Å². The molecule has 0 heteroatoms. The largest absolute Gasteiger partial charge is 0.0651 e. The Hall–Kier alpha value is -1.56. The van der Waals surface area contributed by atoms with Crippen molar-refractivity contribution in [3.8, 4) is 0 Å². The van der Waals surface area contributed by atoms with Crippen LogP contribution in [0.2, 0.25) is 0 Å². The minimum Gasteiger partial charge on any atom is -0.0651 e. The van der Waals surface area contributed by atoms with E-state index in [1.165, 1.54) is 77.0 Å². The molecule has 0 spiro atoms. The third-order valence-electron chi connectivity index (χ3n) is 6.84. The van der Waals surface area contributed by atoms with Gasteiger partial charge in [0.05, 0.1) is 0 Å². The van der Waals surface area contributed by atoms with Crippen LogP contribution in [0.5, 0.6) is 0 Å². The number of rotatable bonds is 14. The second-order valence-electron chi connectivity index (χ2n) is 9.88. The van der Waals surface area contributed by atoms with Gasteiger partial charge in [0.1, 0.15) is 0 Å². The highest BCUT2D eigenvalue weighted by Crippen LogP contribution is 2.38. The Bertz CT molecular complexity index is 702. The molecule has 2 rings (SSSR count). The van der Waals surface area contributed by atoms with Gasteiger partial charge in [0.2, 0.25) is 0 Å². The zero-order chi connectivity index (χ0) is 23.5. The van der Waals surface area contributed by atoms with Crippen LogP contribution in [0.25, 0.3) is 0 Å². The molecule has 32 heavy (non-hydrogen) atoms. The van der Waals surface area contributed by atoms with E-state index in [1.807, 2.05) is 0 Å². The molecule has 178 valence electrons. The molecule has 0 aliphatic heterocycles. The molecule has 0 aliphatic rings. The van der Waals surface area contributed by atoms with Crippen LogP contribution in [-0.2, 0) is 38.5 Å². The smallest absolute Gasteiger partial charge is 0.00719 e. The predicted octanol–water partition coefficient (Wildman–Crippen LogP) is 9.55. The highest BCUT2D eigenvalue weighted by atomic mass is 14.3. The Balaban J connectivity index is 2.74. The average Bonchev–Trinajstić information content (AvgIpc) is 2.75. The fraction of sp³-hybridized carbons (Fsp3) is 0.625. The van der Waals surface area contributed by atoms with Gasteiger partial charge in [0.25, 0.3) is 0 Å². The van der Waals surface area contributed by atoms with Gasteiger partial charge in [0, 0.05) is 5.92 Å². The Morgan fingerprint density at radius 3 is 0.906 bits per heavy atom. The first-order valence-corrected chi connectivity index (χ1v) is 13.8. The monoisotopic (exact) mass is 434 g/mol. The van der Waals surface area contributed by atoms with E-state index in [4.69, 9.17) is 0 Å². The predicted molar refractivity (Wildman–Crippen MR) is 144 cm³/mol. The van der Waals surface area contributed by atoms with Crippen molar-refractivity contribution in [1.29, 1.82) is 0 Å². The minimum absolute atomic E-state index is 0.479. The van der Waals surface area contributed by atoms with Gasteiger partial charge in [0.15, 0.2) is 0 Å². The quantitative estimate of drug-likeness (QED) is 0.277. The van der Waals surface area contributed by atoms with Crippen molar-refractivity contribution in [2.24, 2.45) is 0 Å². The number of aryl methyl sites for hydroxylation is 6. The third kappa shape index (κ3) is 6.72. The van der Waals surface area contributed by atoms with Gasteiger partial charge in [-0.1, -0.05) is 111 Å². The molecule has 0 atom stereocenters. The lowest BCUT2D eigenvalue weighted by molar-refractivity contribution is 0.770. The second-order valence-corrected chi connectivity index (χ2v) is 9.88. The maximum atomic E-state index is 2.56. The second kappa shape index (κ2) is 13.9. The molecule has 0 aromatic heterocycles. The van der Waals surface area contributed by atoms with E-state index >= 15 is 0 Å². The summed E-state index contributed by atoms with van der Waals surface area (Å²) in [6, 6.07) is 10.2. The van der Waals surface area contributed by atoms with Crippen LogP contribution in [0.4, 0.5) is 0 Å². The average molecular weight is 435 g/mol. The van der Waals surface area contributed by atoms with E-state index in [0.29, 0.717) is 5.92 Å². The zero-order valence-corrected chi connectivity index (χ0v) is 22.4. The summed E-state index contributed by atoms with van der Waals surface area (Å²) in [4.78, 5) is 0. The normalized spacial score (nSPS) is 11.5. The summed E-state index contributed by atoms with van der Waals surface area (Å²) in [6.07, 6.45) is 14.6.